The van der Waals surface area contributed by atoms with E-state index in [1.54, 1.807) is 37.7 Å². The van der Waals surface area contributed by atoms with Crippen molar-refractivity contribution in [2.75, 3.05) is 41.5 Å². The molecule has 1 aromatic carbocycles. The van der Waals surface area contributed by atoms with Crippen LogP contribution in [-0.2, 0) is 58.9 Å². The van der Waals surface area contributed by atoms with Gasteiger partial charge < -0.3 is 50.0 Å². The first-order valence-electron chi connectivity index (χ1n) is 21.0. The van der Waals surface area contributed by atoms with Gasteiger partial charge in [-0.25, -0.2) is 4.79 Å². The summed E-state index contributed by atoms with van der Waals surface area (Å²) in [4.78, 5) is 95.7. The number of methoxy groups -OCH3 is 2. The number of esters is 1. The molecule has 5 amide bonds. The monoisotopic (exact) mass is 844 g/mol. The first-order chi connectivity index (χ1) is 28.5. The molecular weight excluding hydrogens is 777 g/mol. The van der Waals surface area contributed by atoms with E-state index in [-0.39, 0.29) is 49.6 Å². The highest BCUT2D eigenvalue weighted by Crippen LogP contribution is 2.30. The number of carbonyl (C=O) groups excluding carboxylic acids is 7. The quantitative estimate of drug-likeness (QED) is 0.0859. The number of nitrogens with one attached hydrogen (secondary N) is 4. The van der Waals surface area contributed by atoms with E-state index in [0.29, 0.717) is 32.2 Å². The zero-order valence-corrected chi connectivity index (χ0v) is 36.9. The van der Waals surface area contributed by atoms with Crippen LogP contribution >= 0.6 is 0 Å². The van der Waals surface area contributed by atoms with E-state index >= 15 is 0 Å². The van der Waals surface area contributed by atoms with Crippen molar-refractivity contribution in [2.24, 2.45) is 17.8 Å². The molecule has 0 saturated carbocycles. The minimum atomic E-state index is -0.998. The van der Waals surface area contributed by atoms with E-state index in [2.05, 4.69) is 21.3 Å². The second-order valence-corrected chi connectivity index (χ2v) is 16.3. The average molecular weight is 845 g/mol. The molecule has 2 aliphatic heterocycles. The van der Waals surface area contributed by atoms with Gasteiger partial charge in [-0.2, -0.15) is 0 Å². The van der Waals surface area contributed by atoms with E-state index in [1.807, 2.05) is 58.0 Å². The fourth-order valence-corrected chi connectivity index (χ4v) is 8.29. The molecule has 17 nitrogen and oxygen atoms in total. The number of hydrogen-bond donors (Lipinski definition) is 4. The van der Waals surface area contributed by atoms with Crippen molar-refractivity contribution in [3.63, 3.8) is 0 Å². The van der Waals surface area contributed by atoms with E-state index in [0.717, 1.165) is 5.56 Å². The maximum absolute atomic E-state index is 14.3. The molecule has 336 valence electrons. The SMILES string of the molecule is CC[C@H](C)[C@@H]([C@@H](CC(=O)N1CCC[C@H]1[C@H](OC)[C@@H](C)C(=O)N[C@@H](Cc1ccccc1)C(=O)N[C@H]1CCOC1=O)OC)N(C)C(=O)[C@@H](NC(=O)[C@@H](NC)C(C)OC=O)C(C)C. The number of benzene rings is 1. The molecule has 0 aliphatic carbocycles. The molecule has 60 heavy (non-hydrogen) atoms. The van der Waals surface area contributed by atoms with Gasteiger partial charge in [0, 0.05) is 40.7 Å². The fourth-order valence-electron chi connectivity index (χ4n) is 8.29. The lowest BCUT2D eigenvalue weighted by Gasteiger charge is -2.41. The molecule has 0 radical (unpaired) electrons. The molecule has 2 saturated heterocycles. The number of likely N-dealkylation sites (tertiary alicyclic amines) is 1. The Hall–Kier alpha value is -4.61. The summed E-state index contributed by atoms with van der Waals surface area (Å²) in [5.41, 5.74) is 0.814. The molecule has 17 heteroatoms. The first-order valence-corrected chi connectivity index (χ1v) is 21.0. The molecule has 0 bridgehead atoms. The summed E-state index contributed by atoms with van der Waals surface area (Å²) in [6.07, 6.45) is 0.117. The molecule has 2 fully saturated rings. The second kappa shape index (κ2) is 24.0. The third-order valence-corrected chi connectivity index (χ3v) is 12.0. The average Bonchev–Trinajstić information content (AvgIpc) is 3.88. The van der Waals surface area contributed by atoms with Crippen molar-refractivity contribution in [3.8, 4) is 0 Å². The predicted octanol–water partition coefficient (Wildman–Crippen LogP) is 1.36. The highest BCUT2D eigenvalue weighted by Gasteiger charge is 2.44. The molecular formula is C43H68N6O11. The Labute approximate surface area is 354 Å². The van der Waals surface area contributed by atoms with Crippen LogP contribution in [0, 0.1) is 17.8 Å². The molecule has 1 unspecified atom stereocenters. The lowest BCUT2D eigenvalue weighted by Crippen LogP contribution is -2.60. The summed E-state index contributed by atoms with van der Waals surface area (Å²) in [6, 6.07) is 4.57. The number of carbonyl (C=O) groups is 7. The van der Waals surface area contributed by atoms with Crippen molar-refractivity contribution < 1.29 is 52.5 Å². The summed E-state index contributed by atoms with van der Waals surface area (Å²) in [5.74, 6) is -3.79. The number of likely N-dealkylation sites (N-methyl/N-ethyl adjacent to an activating group) is 2. The van der Waals surface area contributed by atoms with Crippen LogP contribution in [0.5, 0.6) is 0 Å². The maximum Gasteiger partial charge on any atom is 0.328 e. The number of hydrogen-bond acceptors (Lipinski definition) is 12. The number of cyclic esters (lactones) is 1. The van der Waals surface area contributed by atoms with E-state index in [4.69, 9.17) is 18.9 Å². The number of rotatable bonds is 24. The van der Waals surface area contributed by atoms with Gasteiger partial charge in [-0.3, -0.25) is 28.8 Å². The van der Waals surface area contributed by atoms with Crippen molar-refractivity contribution in [1.29, 1.82) is 0 Å². The van der Waals surface area contributed by atoms with Crippen LogP contribution in [-0.4, -0.2) is 148 Å². The Balaban J connectivity index is 1.79. The second-order valence-electron chi connectivity index (χ2n) is 16.3. The van der Waals surface area contributed by atoms with Crippen LogP contribution in [0.2, 0.25) is 0 Å². The molecule has 4 N–H and O–H groups in total. The zero-order chi connectivity index (χ0) is 44.7. The summed E-state index contributed by atoms with van der Waals surface area (Å²) >= 11 is 0. The van der Waals surface area contributed by atoms with Gasteiger partial charge in [0.1, 0.15) is 30.3 Å². The van der Waals surface area contributed by atoms with Crippen LogP contribution in [0.15, 0.2) is 30.3 Å². The minimum Gasteiger partial charge on any atom is -0.464 e. The zero-order valence-electron chi connectivity index (χ0n) is 36.9. The molecule has 0 spiro atoms. The number of amides is 5. The van der Waals surface area contributed by atoms with Gasteiger partial charge in [-0.1, -0.05) is 71.4 Å². The lowest BCUT2D eigenvalue weighted by atomic mass is 9.89. The molecule has 3 rings (SSSR count). The molecule has 11 atom stereocenters. The molecule has 1 aromatic rings. The minimum absolute atomic E-state index is 0.0688. The Morgan fingerprint density at radius 3 is 2.18 bits per heavy atom. The summed E-state index contributed by atoms with van der Waals surface area (Å²) in [7, 11) is 6.20. The Morgan fingerprint density at radius 2 is 1.63 bits per heavy atom. The van der Waals surface area contributed by atoms with Crippen molar-refractivity contribution >= 4 is 42.0 Å². The maximum atomic E-state index is 14.3. The largest absolute Gasteiger partial charge is 0.464 e. The molecule has 2 aliphatic rings. The third kappa shape index (κ3) is 12.9. The summed E-state index contributed by atoms with van der Waals surface area (Å²) < 4.78 is 22.0. The van der Waals surface area contributed by atoms with E-state index in [9.17, 15) is 33.6 Å². The molecule has 0 aromatic heterocycles. The lowest BCUT2D eigenvalue weighted by molar-refractivity contribution is -0.148. The summed E-state index contributed by atoms with van der Waals surface area (Å²) in [5, 5.41) is 11.3. The van der Waals surface area contributed by atoms with Crippen LogP contribution in [0.25, 0.3) is 0 Å². The van der Waals surface area contributed by atoms with Gasteiger partial charge >= 0.3 is 5.97 Å². The topological polar surface area (TPSA) is 211 Å². The van der Waals surface area contributed by atoms with E-state index in [1.165, 1.54) is 14.2 Å². The van der Waals surface area contributed by atoms with Gasteiger partial charge in [-0.05, 0) is 44.2 Å². The van der Waals surface area contributed by atoms with E-state index < -0.39 is 84.2 Å². The fraction of sp³-hybridized carbons (Fsp3) is 0.698. The number of nitrogens with zero attached hydrogens (tertiary/aromatic N) is 2. The van der Waals surface area contributed by atoms with Gasteiger partial charge in [-0.15, -0.1) is 0 Å². The van der Waals surface area contributed by atoms with Crippen LogP contribution < -0.4 is 21.3 Å². The van der Waals surface area contributed by atoms with Gasteiger partial charge in [0.2, 0.25) is 29.5 Å². The highest BCUT2D eigenvalue weighted by atomic mass is 16.5. The first kappa shape index (κ1) is 49.8. The summed E-state index contributed by atoms with van der Waals surface area (Å²) in [6.45, 7) is 11.8. The van der Waals surface area contributed by atoms with Crippen LogP contribution in [0.4, 0.5) is 0 Å². The standard InChI is InChI=1S/C43H68N6O11/c1-11-26(4)37(48(8)42(55)35(25(2)3)47-41(54)36(44-7)28(6)60-24-50)33(57-9)23-34(51)49-20-15-18-32(49)38(58-10)27(5)39(52)46-31(22-29-16-13-12-14-17-29)40(53)45-30-19-21-59-43(30)56/h12-14,16-17,24-28,30-33,35-38,44H,11,15,18-23H2,1-10H3,(H,45,53)(H,46,52)(H,47,54)/t26-,27+,28?,30-,31-,32-,33+,35-,36-,37-,38+/m0/s1. The smallest absolute Gasteiger partial charge is 0.328 e. The van der Waals surface area contributed by atoms with Gasteiger partial charge in [0.25, 0.3) is 6.47 Å². The van der Waals surface area contributed by atoms with Crippen LogP contribution in [0.3, 0.4) is 0 Å². The number of ether oxygens (including phenoxy) is 4. The van der Waals surface area contributed by atoms with Crippen molar-refractivity contribution in [2.45, 2.75) is 135 Å². The van der Waals surface area contributed by atoms with Crippen LogP contribution in [0.1, 0.15) is 79.2 Å². The van der Waals surface area contributed by atoms with Crippen molar-refractivity contribution in [1.82, 2.24) is 31.1 Å². The Bertz CT molecular complexity index is 1600. The predicted molar refractivity (Wildman–Crippen MR) is 222 cm³/mol. The normalized spacial score (nSPS) is 21.0. The highest BCUT2D eigenvalue weighted by molar-refractivity contribution is 5.92. The Kier molecular flexibility index (Phi) is 19.9. The van der Waals surface area contributed by atoms with Gasteiger partial charge in [0.15, 0.2) is 0 Å². The molecule has 2 heterocycles. The van der Waals surface area contributed by atoms with Gasteiger partial charge in [0.05, 0.1) is 43.2 Å². The third-order valence-electron chi connectivity index (χ3n) is 12.0. The Morgan fingerprint density at radius 1 is 0.950 bits per heavy atom. The van der Waals surface area contributed by atoms with Crippen molar-refractivity contribution in [3.05, 3.63) is 35.9 Å².